The summed E-state index contributed by atoms with van der Waals surface area (Å²) in [5, 5.41) is 0. The van der Waals surface area contributed by atoms with Gasteiger partial charge in [0.2, 0.25) is 15.8 Å². The van der Waals surface area contributed by atoms with Gasteiger partial charge in [0.15, 0.2) is 6.61 Å². The molecule has 162 valence electrons. The van der Waals surface area contributed by atoms with E-state index >= 15 is 0 Å². The minimum Gasteiger partial charge on any atom is -0.456 e. The van der Waals surface area contributed by atoms with Gasteiger partial charge in [-0.2, -0.15) is 4.72 Å². The Morgan fingerprint density at radius 2 is 1.73 bits per heavy atom. The number of sulfonamides is 1. The first-order valence-electron chi connectivity index (χ1n) is 8.40. The van der Waals surface area contributed by atoms with Crippen molar-refractivity contribution in [3.05, 3.63) is 56.5 Å². The number of nitrogens with two attached hydrogens (primary N) is 1. The molecule has 0 aliphatic heterocycles. The van der Waals surface area contributed by atoms with Crippen molar-refractivity contribution in [1.82, 2.24) is 13.9 Å². The number of hydrogen-bond donors (Lipinski definition) is 2. The van der Waals surface area contributed by atoms with E-state index in [1.807, 2.05) is 4.72 Å². The molecule has 1 heterocycles. The first-order valence-corrected chi connectivity index (χ1v) is 9.88. The zero-order valence-electron chi connectivity index (χ0n) is 16.2. The van der Waals surface area contributed by atoms with Crippen LogP contribution in [-0.2, 0) is 33.7 Å². The van der Waals surface area contributed by atoms with E-state index in [2.05, 4.69) is 0 Å². The monoisotopic (exact) mass is 442 g/mol. The Morgan fingerprint density at radius 1 is 1.17 bits per heavy atom. The highest BCUT2D eigenvalue weighted by Gasteiger charge is 2.26. The Morgan fingerprint density at radius 3 is 2.30 bits per heavy atom. The minimum absolute atomic E-state index is 0.277. The Labute approximate surface area is 169 Å². The molecule has 1 aromatic carbocycles. The predicted molar refractivity (Wildman–Crippen MR) is 103 cm³/mol. The third-order valence-corrected chi connectivity index (χ3v) is 5.70. The number of carbonyl (C=O) groups excluding carboxylic acids is 2. The molecular formula is C17H19FN4O7S. The Hall–Kier alpha value is -3.32. The molecular weight excluding hydrogens is 423 g/mol. The Balaban J connectivity index is 2.10. The van der Waals surface area contributed by atoms with E-state index in [0.717, 1.165) is 35.9 Å². The normalized spacial score (nSPS) is 12.4. The summed E-state index contributed by atoms with van der Waals surface area (Å²) in [5.41, 5.74) is 3.42. The largest absolute Gasteiger partial charge is 0.456 e. The van der Waals surface area contributed by atoms with E-state index in [9.17, 15) is 32.0 Å². The van der Waals surface area contributed by atoms with E-state index in [1.54, 1.807) is 0 Å². The van der Waals surface area contributed by atoms with Crippen LogP contribution in [0.4, 0.5) is 10.2 Å². The number of nitrogen functional groups attached to an aromatic ring is 1. The van der Waals surface area contributed by atoms with Crippen LogP contribution in [0.5, 0.6) is 0 Å². The molecule has 0 fully saturated rings. The Kier molecular flexibility index (Phi) is 6.57. The van der Waals surface area contributed by atoms with Crippen LogP contribution in [0.15, 0.2) is 38.8 Å². The number of ketones is 1. The quantitative estimate of drug-likeness (QED) is 0.404. The lowest BCUT2D eigenvalue weighted by Gasteiger charge is -2.14. The lowest BCUT2D eigenvalue weighted by atomic mass is 10.2. The van der Waals surface area contributed by atoms with E-state index in [4.69, 9.17) is 10.5 Å². The lowest BCUT2D eigenvalue weighted by molar-refractivity contribution is -0.144. The number of hydrogen-bond acceptors (Lipinski definition) is 8. The van der Waals surface area contributed by atoms with Crippen LogP contribution in [0.3, 0.4) is 0 Å². The van der Waals surface area contributed by atoms with Crippen molar-refractivity contribution in [2.24, 2.45) is 14.1 Å². The number of rotatable bonds is 7. The fourth-order valence-electron chi connectivity index (χ4n) is 2.42. The molecule has 0 unspecified atom stereocenters. The fraction of sp³-hybridized carbons (Fsp3) is 0.294. The van der Waals surface area contributed by atoms with Gasteiger partial charge in [0, 0.05) is 14.1 Å². The summed E-state index contributed by atoms with van der Waals surface area (Å²) in [5.74, 6) is -3.10. The third-order valence-electron chi connectivity index (χ3n) is 4.14. The number of nitrogens with zero attached hydrogens (tertiary/aromatic N) is 2. The van der Waals surface area contributed by atoms with E-state index in [0.29, 0.717) is 4.57 Å². The first-order chi connectivity index (χ1) is 13.9. The number of nitrogens with one attached hydrogen (secondary N) is 1. The highest BCUT2D eigenvalue weighted by molar-refractivity contribution is 7.89. The summed E-state index contributed by atoms with van der Waals surface area (Å²) >= 11 is 0. The molecule has 0 radical (unpaired) electrons. The molecule has 0 aliphatic rings. The molecule has 2 rings (SSSR count). The average Bonchev–Trinajstić information content (AvgIpc) is 2.69. The van der Waals surface area contributed by atoms with Crippen LogP contribution in [0.2, 0.25) is 0 Å². The van der Waals surface area contributed by atoms with Crippen LogP contribution in [0.25, 0.3) is 0 Å². The fourth-order valence-corrected chi connectivity index (χ4v) is 3.61. The van der Waals surface area contributed by atoms with Gasteiger partial charge < -0.3 is 10.5 Å². The van der Waals surface area contributed by atoms with Gasteiger partial charge in [-0.05, 0) is 31.2 Å². The lowest BCUT2D eigenvalue weighted by Crippen LogP contribution is -2.43. The minimum atomic E-state index is -4.16. The van der Waals surface area contributed by atoms with Crippen LogP contribution < -0.4 is 21.7 Å². The molecule has 0 spiro atoms. The van der Waals surface area contributed by atoms with Crippen LogP contribution in [0, 0.1) is 5.82 Å². The maximum absolute atomic E-state index is 12.9. The predicted octanol–water partition coefficient (Wildman–Crippen LogP) is -1.10. The van der Waals surface area contributed by atoms with Gasteiger partial charge in [0.1, 0.15) is 23.2 Å². The van der Waals surface area contributed by atoms with Gasteiger partial charge in [-0.15, -0.1) is 0 Å². The second-order valence-corrected chi connectivity index (χ2v) is 8.01. The van der Waals surface area contributed by atoms with Crippen molar-refractivity contribution in [2.45, 2.75) is 17.9 Å². The molecule has 13 heteroatoms. The summed E-state index contributed by atoms with van der Waals surface area (Å²) < 4.78 is 45.7. The van der Waals surface area contributed by atoms with Crippen molar-refractivity contribution in [1.29, 1.82) is 0 Å². The van der Waals surface area contributed by atoms with Crippen LogP contribution in [0.1, 0.15) is 17.3 Å². The molecule has 0 amide bonds. The molecule has 30 heavy (non-hydrogen) atoms. The SMILES string of the molecule is C[C@H](NS(=O)(=O)c1ccc(F)cc1)C(=O)OCC(=O)c1c(N)n(C)c(=O)n(C)c1=O. The van der Waals surface area contributed by atoms with Crippen LogP contribution in [-0.4, -0.2) is 42.0 Å². The summed E-state index contributed by atoms with van der Waals surface area (Å²) in [4.78, 5) is 48.0. The van der Waals surface area contributed by atoms with E-state index < -0.39 is 62.9 Å². The maximum Gasteiger partial charge on any atom is 0.332 e. The van der Waals surface area contributed by atoms with Gasteiger partial charge in [-0.25, -0.2) is 17.6 Å². The van der Waals surface area contributed by atoms with Crippen LogP contribution >= 0.6 is 0 Å². The van der Waals surface area contributed by atoms with Crippen molar-refractivity contribution < 1.29 is 27.1 Å². The summed E-state index contributed by atoms with van der Waals surface area (Å²) in [7, 11) is -1.75. The topological polar surface area (TPSA) is 160 Å². The molecule has 11 nitrogen and oxygen atoms in total. The third kappa shape index (κ3) is 4.63. The van der Waals surface area contributed by atoms with Gasteiger partial charge >= 0.3 is 11.7 Å². The molecule has 1 aromatic heterocycles. The standard InChI is InChI=1S/C17H19FN4O7S/c1-9(20-30(27,28)11-6-4-10(18)5-7-11)16(25)29-8-12(23)13-14(19)21(2)17(26)22(3)15(13)24/h4-7,9,20H,8,19H2,1-3H3/t9-/m0/s1. The number of halogens is 1. The first kappa shape index (κ1) is 23.0. The molecule has 1 atom stereocenters. The number of Topliss-reactive ketones (excluding diaryl/α,β-unsaturated/α-hetero) is 1. The van der Waals surface area contributed by atoms with E-state index in [1.165, 1.54) is 14.0 Å². The molecule has 0 aliphatic carbocycles. The summed E-state index contributed by atoms with van der Waals surface area (Å²) in [6.45, 7) is 0.270. The molecule has 0 bridgehead atoms. The van der Waals surface area contributed by atoms with Gasteiger partial charge in [-0.3, -0.25) is 23.5 Å². The number of esters is 1. The second-order valence-electron chi connectivity index (χ2n) is 6.29. The smallest absolute Gasteiger partial charge is 0.332 e. The maximum atomic E-state index is 12.9. The molecule has 2 aromatic rings. The van der Waals surface area contributed by atoms with E-state index in [-0.39, 0.29) is 4.90 Å². The second kappa shape index (κ2) is 8.59. The summed E-state index contributed by atoms with van der Waals surface area (Å²) in [6.07, 6.45) is 0. The zero-order chi connectivity index (χ0) is 22.8. The van der Waals surface area contributed by atoms with Gasteiger partial charge in [0.05, 0.1) is 4.90 Å². The molecule has 0 saturated carbocycles. The number of ether oxygens (including phenoxy) is 1. The van der Waals surface area contributed by atoms with Crippen molar-refractivity contribution in [3.8, 4) is 0 Å². The number of aromatic nitrogens is 2. The highest BCUT2D eigenvalue weighted by Crippen LogP contribution is 2.11. The van der Waals surface area contributed by atoms with Crippen molar-refractivity contribution in [2.75, 3.05) is 12.3 Å². The number of carbonyl (C=O) groups is 2. The van der Waals surface area contributed by atoms with Gasteiger partial charge in [-0.1, -0.05) is 0 Å². The molecule has 0 saturated heterocycles. The number of benzene rings is 1. The van der Waals surface area contributed by atoms with Crippen molar-refractivity contribution in [3.63, 3.8) is 0 Å². The zero-order valence-corrected chi connectivity index (χ0v) is 17.0. The van der Waals surface area contributed by atoms with Crippen molar-refractivity contribution >= 4 is 27.6 Å². The molecule has 3 N–H and O–H groups in total. The van der Waals surface area contributed by atoms with Gasteiger partial charge in [0.25, 0.3) is 5.56 Å². The average molecular weight is 442 g/mol. The Bertz CT molecular complexity index is 1220. The highest BCUT2D eigenvalue weighted by atomic mass is 32.2. The summed E-state index contributed by atoms with van der Waals surface area (Å²) in [6, 6.07) is 2.51. The number of anilines is 1.